The molecule has 2 aliphatic carbocycles. The molecule has 2 saturated carbocycles. The van der Waals surface area contributed by atoms with Gasteiger partial charge in [-0.05, 0) is 70.2 Å². The molecule has 6 heteroatoms. The van der Waals surface area contributed by atoms with Crippen LogP contribution in [0.4, 0.5) is 0 Å². The number of amides is 1. The summed E-state index contributed by atoms with van der Waals surface area (Å²) in [7, 11) is 1.53. The molecule has 1 N–H and O–H groups in total. The minimum atomic E-state index is -0.355. The maximum atomic E-state index is 13.4. The average molecular weight is 553 g/mol. The van der Waals surface area contributed by atoms with Crippen molar-refractivity contribution in [1.82, 2.24) is 10.3 Å². The van der Waals surface area contributed by atoms with Gasteiger partial charge in [0.2, 0.25) is 0 Å². The van der Waals surface area contributed by atoms with Gasteiger partial charge in [-0.25, -0.2) is 4.98 Å². The predicted octanol–water partition coefficient (Wildman–Crippen LogP) is 7.64. The normalized spacial score (nSPS) is 17.7. The van der Waals surface area contributed by atoms with Crippen LogP contribution < -0.4 is 5.32 Å². The smallest absolute Gasteiger partial charge is 0.280 e. The summed E-state index contributed by atoms with van der Waals surface area (Å²) in [4.78, 5) is 31.6. The Morgan fingerprint density at radius 1 is 1.08 bits per heavy atom. The Labute approximate surface area is 239 Å². The van der Waals surface area contributed by atoms with E-state index in [1.807, 2.05) is 13.8 Å². The minimum absolute atomic E-state index is 0.0380. The van der Waals surface area contributed by atoms with Gasteiger partial charge in [-0.2, -0.15) is 0 Å². The van der Waals surface area contributed by atoms with E-state index in [0.717, 1.165) is 17.0 Å². The number of thiazole rings is 1. The van der Waals surface area contributed by atoms with Crippen molar-refractivity contribution in [2.75, 3.05) is 20.3 Å². The van der Waals surface area contributed by atoms with E-state index >= 15 is 0 Å². The summed E-state index contributed by atoms with van der Waals surface area (Å²) >= 11 is 1.53. The van der Waals surface area contributed by atoms with Gasteiger partial charge >= 0.3 is 0 Å². The van der Waals surface area contributed by atoms with Gasteiger partial charge in [0.05, 0.1) is 10.6 Å². The molecule has 2 aromatic rings. The van der Waals surface area contributed by atoms with Crippen LogP contribution in [0, 0.1) is 11.3 Å². The fourth-order valence-corrected chi connectivity index (χ4v) is 6.69. The van der Waals surface area contributed by atoms with Gasteiger partial charge in [-0.15, -0.1) is 11.3 Å². The molecular formula is C33H48N2O3S. The molecule has 0 unspecified atom stereocenters. The number of aromatic nitrogens is 1. The van der Waals surface area contributed by atoms with Crippen molar-refractivity contribution in [2.24, 2.45) is 11.3 Å². The van der Waals surface area contributed by atoms with Crippen LogP contribution in [0.5, 0.6) is 0 Å². The Bertz CT molecular complexity index is 1160. The average Bonchev–Trinajstić information content (AvgIpc) is 3.49. The van der Waals surface area contributed by atoms with Crippen LogP contribution in [0.1, 0.15) is 120 Å². The van der Waals surface area contributed by atoms with Crippen molar-refractivity contribution >= 4 is 23.0 Å². The number of ketones is 1. The minimum Gasteiger partial charge on any atom is -0.377 e. The first kappa shape index (κ1) is 29.9. The number of hydrogen-bond donors (Lipinski definition) is 1. The molecule has 1 amide bonds. The van der Waals surface area contributed by atoms with E-state index in [4.69, 9.17) is 9.72 Å². The number of rotatable bonds is 11. The lowest BCUT2D eigenvalue weighted by molar-refractivity contribution is -0.124. The lowest BCUT2D eigenvalue weighted by Gasteiger charge is -2.24. The van der Waals surface area contributed by atoms with E-state index in [1.54, 1.807) is 0 Å². The second kappa shape index (κ2) is 11.8. The third kappa shape index (κ3) is 7.79. The zero-order chi connectivity index (χ0) is 28.4. The molecule has 1 aromatic heterocycles. The second-order valence-electron chi connectivity index (χ2n) is 14.1. The van der Waals surface area contributed by atoms with Crippen LogP contribution in [0.3, 0.4) is 0 Å². The maximum absolute atomic E-state index is 13.4. The first-order valence-electron chi connectivity index (χ1n) is 14.7. The molecule has 2 fully saturated rings. The number of ether oxygens (including phenoxy) is 1. The van der Waals surface area contributed by atoms with E-state index in [-0.39, 0.29) is 34.5 Å². The molecule has 0 aliphatic heterocycles. The summed E-state index contributed by atoms with van der Waals surface area (Å²) in [6.45, 7) is 13.7. The number of hydrogen-bond acceptors (Lipinski definition) is 5. The molecule has 4 rings (SSSR count). The SMILES string of the molecule is COCC(=O)CC(C)(C)CNC(=O)c1nc(CC2CCCCC2)c(-c2cc(C(C)(C)C)cc(C3(C)CC3)c2)s1. The van der Waals surface area contributed by atoms with Crippen molar-refractivity contribution < 1.29 is 14.3 Å². The Hall–Kier alpha value is -2.05. The molecule has 0 atom stereocenters. The highest BCUT2D eigenvalue weighted by atomic mass is 32.1. The fraction of sp³-hybridized carbons (Fsp3) is 0.667. The van der Waals surface area contributed by atoms with E-state index in [2.05, 4.69) is 51.2 Å². The quantitative estimate of drug-likeness (QED) is 0.311. The molecule has 39 heavy (non-hydrogen) atoms. The lowest BCUT2D eigenvalue weighted by atomic mass is 9.82. The molecular weight excluding hydrogens is 504 g/mol. The number of benzene rings is 1. The first-order chi connectivity index (χ1) is 18.3. The Kier molecular flexibility index (Phi) is 9.07. The lowest BCUT2D eigenvalue weighted by Crippen LogP contribution is -2.35. The molecule has 1 heterocycles. The van der Waals surface area contributed by atoms with Crippen molar-refractivity contribution in [1.29, 1.82) is 0 Å². The summed E-state index contributed by atoms with van der Waals surface area (Å²) in [5.41, 5.74) is 4.98. The van der Waals surface area contributed by atoms with Gasteiger partial charge < -0.3 is 10.1 Å². The van der Waals surface area contributed by atoms with E-state index in [0.29, 0.717) is 23.9 Å². The zero-order valence-electron chi connectivity index (χ0n) is 25.2. The Balaban J connectivity index is 1.64. The molecule has 214 valence electrons. The summed E-state index contributed by atoms with van der Waals surface area (Å²) in [5, 5.41) is 3.60. The van der Waals surface area contributed by atoms with Crippen molar-refractivity contribution in [3.8, 4) is 10.4 Å². The van der Waals surface area contributed by atoms with Crippen molar-refractivity contribution in [2.45, 2.75) is 110 Å². The van der Waals surface area contributed by atoms with Crippen molar-refractivity contribution in [3.05, 3.63) is 40.0 Å². The van der Waals surface area contributed by atoms with Crippen LogP contribution >= 0.6 is 11.3 Å². The standard InChI is InChI=1S/C33H48N2O3S/c1-31(2,3)24-16-23(17-25(18-24)33(6)13-14-33)28-27(15-22-11-9-8-10-12-22)35-30(39-28)29(37)34-21-32(4,5)19-26(36)20-38-7/h16-18,22H,8-15,19-21H2,1-7H3,(H,34,37). The fourth-order valence-electron chi connectivity index (χ4n) is 5.70. The van der Waals surface area contributed by atoms with Gasteiger partial charge in [0.1, 0.15) is 6.61 Å². The number of Topliss-reactive ketones (excluding diaryl/α,β-unsaturated/α-hetero) is 1. The number of methoxy groups -OCH3 is 1. The van der Waals surface area contributed by atoms with Gasteiger partial charge in [-0.3, -0.25) is 9.59 Å². The topological polar surface area (TPSA) is 68.3 Å². The molecule has 0 spiro atoms. The molecule has 0 bridgehead atoms. The number of carbonyl (C=O) groups is 2. The summed E-state index contributed by atoms with van der Waals surface area (Å²) in [6.07, 6.45) is 10.1. The van der Waals surface area contributed by atoms with Gasteiger partial charge in [0.15, 0.2) is 10.8 Å². The molecule has 2 aliphatic rings. The molecule has 0 saturated heterocycles. The number of carbonyl (C=O) groups excluding carboxylic acids is 2. The molecule has 5 nitrogen and oxygen atoms in total. The predicted molar refractivity (Wildman–Crippen MR) is 161 cm³/mol. The van der Waals surface area contributed by atoms with Crippen LogP contribution in [-0.4, -0.2) is 36.9 Å². The van der Waals surface area contributed by atoms with Crippen LogP contribution in [0.15, 0.2) is 18.2 Å². The van der Waals surface area contributed by atoms with Crippen LogP contribution in [0.2, 0.25) is 0 Å². The van der Waals surface area contributed by atoms with Crippen molar-refractivity contribution in [3.63, 3.8) is 0 Å². The highest BCUT2D eigenvalue weighted by Crippen LogP contribution is 2.50. The third-order valence-electron chi connectivity index (χ3n) is 8.57. The van der Waals surface area contributed by atoms with E-state index in [1.165, 1.54) is 80.1 Å². The molecule has 1 aromatic carbocycles. The van der Waals surface area contributed by atoms with E-state index in [9.17, 15) is 9.59 Å². The summed E-state index contributed by atoms with van der Waals surface area (Å²) in [6, 6.07) is 7.10. The van der Waals surface area contributed by atoms with Gasteiger partial charge in [-0.1, -0.05) is 79.7 Å². The third-order valence-corrected chi connectivity index (χ3v) is 9.71. The zero-order valence-corrected chi connectivity index (χ0v) is 26.0. The highest BCUT2D eigenvalue weighted by molar-refractivity contribution is 7.17. The maximum Gasteiger partial charge on any atom is 0.280 e. The number of nitrogens with zero attached hydrogens (tertiary/aromatic N) is 1. The second-order valence-corrected chi connectivity index (χ2v) is 15.1. The van der Waals surface area contributed by atoms with Gasteiger partial charge in [0.25, 0.3) is 5.91 Å². The largest absolute Gasteiger partial charge is 0.377 e. The van der Waals surface area contributed by atoms with Crippen LogP contribution in [-0.2, 0) is 26.8 Å². The highest BCUT2D eigenvalue weighted by Gasteiger charge is 2.40. The molecule has 0 radical (unpaired) electrons. The van der Waals surface area contributed by atoms with E-state index < -0.39 is 0 Å². The Morgan fingerprint density at radius 3 is 2.38 bits per heavy atom. The van der Waals surface area contributed by atoms with Gasteiger partial charge in [0, 0.05) is 20.1 Å². The monoisotopic (exact) mass is 552 g/mol. The summed E-state index contributed by atoms with van der Waals surface area (Å²) < 4.78 is 4.98. The first-order valence-corrected chi connectivity index (χ1v) is 15.6. The van der Waals surface area contributed by atoms with Crippen LogP contribution in [0.25, 0.3) is 10.4 Å². The summed E-state index contributed by atoms with van der Waals surface area (Å²) in [5.74, 6) is 0.527. The number of nitrogens with one attached hydrogen (secondary N) is 1. The Morgan fingerprint density at radius 2 is 1.77 bits per heavy atom.